The Morgan fingerprint density at radius 2 is 0.859 bits per heavy atom. The predicted molar refractivity (Wildman–Crippen MR) is 384 cm³/mol. The average molecular weight is 1330 g/mol. The zero-order valence-corrected chi connectivity index (χ0v) is 57.0. The molecule has 3 atom stereocenters. The number of carbonyl (C=O) groups is 3. The van der Waals surface area contributed by atoms with Gasteiger partial charge in [-0.1, -0.05) is 20.8 Å². The Hall–Kier alpha value is -9.84. The Labute approximate surface area is 573 Å². The molecule has 3 unspecified atom stereocenters. The van der Waals surface area contributed by atoms with Gasteiger partial charge in [0.1, 0.15) is 34.9 Å². The summed E-state index contributed by atoms with van der Waals surface area (Å²) in [7, 11) is 3.52. The van der Waals surface area contributed by atoms with Gasteiger partial charge in [-0.3, -0.25) is 24.5 Å². The smallest absolute Gasteiger partial charge is 0.338 e. The van der Waals surface area contributed by atoms with Crippen LogP contribution in [0.2, 0.25) is 0 Å². The van der Waals surface area contributed by atoms with Crippen LogP contribution in [-0.2, 0) is 16.0 Å². The zero-order chi connectivity index (χ0) is 68.6. The van der Waals surface area contributed by atoms with Crippen molar-refractivity contribution in [3.63, 3.8) is 0 Å². The fourth-order valence-electron chi connectivity index (χ4n) is 16.3. The highest BCUT2D eigenvalue weighted by Crippen LogP contribution is 2.47. The summed E-state index contributed by atoms with van der Waals surface area (Å²) in [5.74, 6) is 5.92. The lowest BCUT2D eigenvalue weighted by molar-refractivity contribution is -0.116. The molecule has 6 aromatic heterocycles. The molecular weight excluding hydrogens is 1250 g/mol. The number of rotatable bonds is 12. The van der Waals surface area contributed by atoms with E-state index in [9.17, 15) is 27.6 Å². The number of aryl methyl sites for hydroxylation is 1. The van der Waals surface area contributed by atoms with E-state index in [1.54, 1.807) is 68.4 Å². The molecule has 0 bridgehead atoms. The van der Waals surface area contributed by atoms with Crippen LogP contribution in [0, 0.1) is 35.2 Å². The second-order valence-electron chi connectivity index (χ2n) is 28.2. The van der Waals surface area contributed by atoms with E-state index in [-0.39, 0.29) is 41.2 Å². The molecule has 1 aliphatic heterocycles. The minimum absolute atomic E-state index is 0.0112. The third-order valence-electron chi connectivity index (χ3n) is 22.0. The summed E-state index contributed by atoms with van der Waals surface area (Å²) in [5, 5.41) is 5.79. The predicted octanol–water partition coefficient (Wildman–Crippen LogP) is 18.7. The van der Waals surface area contributed by atoms with Crippen molar-refractivity contribution in [1.82, 2.24) is 49.8 Å². The van der Waals surface area contributed by atoms with Crippen molar-refractivity contribution >= 4 is 89.3 Å². The van der Waals surface area contributed by atoms with Gasteiger partial charge in [0, 0.05) is 84.3 Å². The van der Waals surface area contributed by atoms with E-state index in [4.69, 9.17) is 19.7 Å². The highest BCUT2D eigenvalue weighted by molar-refractivity contribution is 5.98. The van der Waals surface area contributed by atoms with Crippen molar-refractivity contribution in [2.75, 3.05) is 26.0 Å². The minimum atomic E-state index is -0.314. The van der Waals surface area contributed by atoms with Gasteiger partial charge in [-0.25, -0.2) is 32.9 Å². The SMILES string of the molecule is CC(c1nc2cc3c(cc2[nH]1)CCC(=O)N3)C1CCC(c2ccnc3ccc(F)cc23)CC1.CC(c1nc2ccc(C(=O)N(C)C)cc2[nH]1)C1CCC(c2ccnc3ccc(F)cc23)CC1.CCOC(=O)c1ccc2nc(C(C)C3CCC(c4ccnc5ccc(F)cc45)CC3)[nH]c2c1. The van der Waals surface area contributed by atoms with Gasteiger partial charge in [-0.2, -0.15) is 0 Å². The van der Waals surface area contributed by atoms with Crippen molar-refractivity contribution in [2.24, 2.45) is 17.8 Å². The summed E-state index contributed by atoms with van der Waals surface area (Å²) in [5.41, 5.74) is 15.0. The first-order valence-electron chi connectivity index (χ1n) is 35.3. The number of halogens is 3. The second-order valence-corrected chi connectivity index (χ2v) is 28.2. The van der Waals surface area contributed by atoms with Crippen molar-refractivity contribution in [3.8, 4) is 0 Å². The summed E-state index contributed by atoms with van der Waals surface area (Å²) < 4.78 is 46.7. The van der Waals surface area contributed by atoms with Gasteiger partial charge >= 0.3 is 5.97 Å². The molecule has 2 amide bonds. The number of pyridine rings is 3. The molecule has 18 heteroatoms. The molecule has 3 aliphatic carbocycles. The van der Waals surface area contributed by atoms with Crippen LogP contribution in [0.4, 0.5) is 18.9 Å². The van der Waals surface area contributed by atoms with Crippen LogP contribution in [-0.4, -0.2) is 88.2 Å². The van der Waals surface area contributed by atoms with Crippen molar-refractivity contribution in [3.05, 3.63) is 208 Å². The molecule has 15 nitrogen and oxygen atoms in total. The molecule has 0 saturated heterocycles. The molecule has 99 heavy (non-hydrogen) atoms. The number of anilines is 1. The lowest BCUT2D eigenvalue weighted by atomic mass is 9.73. The zero-order valence-electron chi connectivity index (χ0n) is 57.0. The summed E-state index contributed by atoms with van der Waals surface area (Å²) in [6, 6.07) is 36.0. The molecule has 16 rings (SSSR count). The molecule has 3 saturated carbocycles. The molecule has 508 valence electrons. The number of amides is 2. The number of aromatic amines is 3. The lowest BCUT2D eigenvalue weighted by Crippen LogP contribution is -2.21. The highest BCUT2D eigenvalue weighted by atomic mass is 19.1. The first-order valence-corrected chi connectivity index (χ1v) is 35.3. The maximum atomic E-state index is 13.9. The van der Waals surface area contributed by atoms with E-state index in [2.05, 4.69) is 80.3 Å². The second kappa shape index (κ2) is 28.6. The number of esters is 1. The van der Waals surface area contributed by atoms with Crippen molar-refractivity contribution in [1.29, 1.82) is 0 Å². The van der Waals surface area contributed by atoms with Gasteiger partial charge in [0.05, 0.1) is 61.8 Å². The summed E-state index contributed by atoms with van der Waals surface area (Å²) in [4.78, 5) is 75.9. The van der Waals surface area contributed by atoms with E-state index in [1.165, 1.54) is 40.5 Å². The number of nitrogens with zero attached hydrogens (tertiary/aromatic N) is 7. The number of nitrogens with one attached hydrogen (secondary N) is 4. The van der Waals surface area contributed by atoms with Crippen LogP contribution in [0.1, 0.15) is 207 Å². The van der Waals surface area contributed by atoms with Crippen LogP contribution in [0.25, 0.3) is 65.8 Å². The molecule has 0 spiro atoms. The minimum Gasteiger partial charge on any atom is -0.462 e. The van der Waals surface area contributed by atoms with Crippen molar-refractivity contribution in [2.45, 2.75) is 153 Å². The lowest BCUT2D eigenvalue weighted by Gasteiger charge is -2.32. The Bertz CT molecular complexity index is 4980. The fraction of sp³-hybridized carbons (Fsp3) is 0.370. The van der Waals surface area contributed by atoms with Crippen LogP contribution < -0.4 is 5.32 Å². The van der Waals surface area contributed by atoms with Crippen LogP contribution in [0.3, 0.4) is 0 Å². The first kappa shape index (κ1) is 66.4. The summed E-state index contributed by atoms with van der Waals surface area (Å²) in [6.07, 6.45) is 19.9. The van der Waals surface area contributed by atoms with Gasteiger partial charge in [-0.15, -0.1) is 0 Å². The first-order chi connectivity index (χ1) is 48.0. The quantitative estimate of drug-likeness (QED) is 0.0853. The van der Waals surface area contributed by atoms with E-state index in [0.717, 1.165) is 172 Å². The van der Waals surface area contributed by atoms with E-state index < -0.39 is 0 Å². The Kier molecular flexibility index (Phi) is 19.1. The number of H-pyrrole nitrogens is 3. The van der Waals surface area contributed by atoms with E-state index in [0.29, 0.717) is 71.5 Å². The van der Waals surface area contributed by atoms with Gasteiger partial charge < -0.3 is 29.9 Å². The highest BCUT2D eigenvalue weighted by Gasteiger charge is 2.33. The Morgan fingerprint density at radius 3 is 1.27 bits per heavy atom. The summed E-state index contributed by atoms with van der Waals surface area (Å²) >= 11 is 0. The maximum absolute atomic E-state index is 13.9. The van der Waals surface area contributed by atoms with Gasteiger partial charge in [0.2, 0.25) is 5.91 Å². The molecule has 0 radical (unpaired) electrons. The number of ether oxygens (including phenoxy) is 1. The fourth-order valence-corrected chi connectivity index (χ4v) is 16.3. The number of carbonyl (C=O) groups excluding carboxylic acids is 3. The summed E-state index contributed by atoms with van der Waals surface area (Å²) in [6.45, 7) is 8.89. The van der Waals surface area contributed by atoms with Gasteiger partial charge in [-0.05, 0) is 269 Å². The Morgan fingerprint density at radius 1 is 0.475 bits per heavy atom. The molecular formula is C81H84F3N11O4. The van der Waals surface area contributed by atoms with Crippen LogP contribution >= 0.6 is 0 Å². The molecule has 4 N–H and O–H groups in total. The molecule has 7 heterocycles. The van der Waals surface area contributed by atoms with Crippen LogP contribution in [0.5, 0.6) is 0 Å². The number of aromatic nitrogens is 9. The maximum Gasteiger partial charge on any atom is 0.338 e. The Balaban J connectivity index is 0.000000127. The van der Waals surface area contributed by atoms with Crippen LogP contribution in [0.15, 0.2) is 140 Å². The normalized spacial score (nSPS) is 20.3. The molecule has 6 aromatic carbocycles. The topological polar surface area (TPSA) is 200 Å². The van der Waals surface area contributed by atoms with Gasteiger partial charge in [0.15, 0.2) is 0 Å². The standard InChI is InChI=1S/C27H27FN4O.C27H29FN4O.C27H28FN3O2/c1-15(27-31-24-12-18-6-9-26(33)30-23(18)14-25(24)32-27)16-2-4-17(5-3-16)20-10-11-29-22-8-7-19(28)13-21(20)22;1-16(26-30-24-10-8-19(14-25(24)31-26)27(33)32(2)3)17-4-6-18(7-5-17)21-12-13-29-23-11-9-20(28)15-22(21)23;1-3-33-27(32)19-8-10-24-25(14-19)31-26(30-24)16(2)17-4-6-18(7-5-17)21-12-13-29-23-11-9-20(28)15-22(21)23/h7-8,10-17H,2-6,9H2,1H3,(H,30,33)(H,31,32);8-18H,4-7H2,1-3H3,(H,30,31);8-18H,3-7H2,1-2H3,(H,30,31). The molecule has 4 aliphatic rings. The molecule has 12 aromatic rings. The number of imidazole rings is 3. The van der Waals surface area contributed by atoms with E-state index >= 15 is 0 Å². The number of hydrogen-bond donors (Lipinski definition) is 4. The number of hydrogen-bond acceptors (Lipinski definition) is 10. The average Bonchev–Trinajstić information content (AvgIpc) is 1.62. The van der Waals surface area contributed by atoms with E-state index in [1.807, 2.05) is 55.0 Å². The monoisotopic (exact) mass is 1330 g/mol. The largest absolute Gasteiger partial charge is 0.462 e. The molecule has 3 fully saturated rings. The third kappa shape index (κ3) is 14.1. The number of benzene rings is 6. The number of fused-ring (bicyclic) bond motifs is 7. The van der Waals surface area contributed by atoms with Crippen molar-refractivity contribution < 1.29 is 32.3 Å². The third-order valence-corrected chi connectivity index (χ3v) is 22.0. The van der Waals surface area contributed by atoms with Gasteiger partial charge in [0.25, 0.3) is 5.91 Å².